The number of phosphoric acid groups is 1. The van der Waals surface area contributed by atoms with Crippen LogP contribution in [0.5, 0.6) is 0 Å². The van der Waals surface area contributed by atoms with Crippen molar-refractivity contribution in [3.8, 4) is 0 Å². The van der Waals surface area contributed by atoms with Crippen molar-refractivity contribution in [2.75, 3.05) is 26.4 Å². The molecule has 0 aliphatic rings. The summed E-state index contributed by atoms with van der Waals surface area (Å²) in [7, 11) is -4.42. The molecule has 0 radical (unpaired) electrons. The van der Waals surface area contributed by atoms with Crippen molar-refractivity contribution in [1.82, 2.24) is 5.32 Å². The average Bonchev–Trinajstić information content (AvgIpc) is 3.16. The van der Waals surface area contributed by atoms with Gasteiger partial charge in [0.1, 0.15) is 12.7 Å². The predicted molar refractivity (Wildman–Crippen MR) is 224 cm³/mol. The number of unbranched alkanes of at least 4 members (excludes halogenated alkanes) is 22. The Morgan fingerprint density at radius 1 is 0.574 bits per heavy atom. The van der Waals surface area contributed by atoms with Crippen LogP contribution in [0.2, 0.25) is 0 Å². The molecular weight excluding hydrogens is 701 g/mol. The third kappa shape index (κ3) is 41.4. The zero-order valence-electron chi connectivity index (χ0n) is 34.7. The number of hydrogen-bond acceptors (Lipinski definition) is 7. The summed E-state index contributed by atoms with van der Waals surface area (Å²) in [5.74, 6) is -0.531. The van der Waals surface area contributed by atoms with Crippen molar-refractivity contribution in [2.24, 2.45) is 0 Å². The zero-order chi connectivity index (χ0) is 39.6. The highest BCUT2D eigenvalue weighted by molar-refractivity contribution is 7.47. The van der Waals surface area contributed by atoms with Crippen LogP contribution in [-0.4, -0.2) is 54.3 Å². The number of ether oxygens (including phenoxy) is 1. The lowest BCUT2D eigenvalue weighted by atomic mass is 10.1. The summed E-state index contributed by atoms with van der Waals surface area (Å²) in [6.07, 6.45) is 45.0. The number of aliphatic hydroxyl groups excluding tert-OH is 1. The second-order valence-corrected chi connectivity index (χ2v) is 16.1. The van der Waals surface area contributed by atoms with Crippen LogP contribution in [0.3, 0.4) is 0 Å². The van der Waals surface area contributed by atoms with Gasteiger partial charge < -0.3 is 20.1 Å². The van der Waals surface area contributed by atoms with Gasteiger partial charge in [-0.2, -0.15) is 0 Å². The summed E-state index contributed by atoms with van der Waals surface area (Å²) >= 11 is 0. The first-order valence-electron chi connectivity index (χ1n) is 22.0. The Labute approximate surface area is 331 Å². The fraction of sp³-hybridized carbons (Fsp3) is 0.818. The number of carbonyl (C=O) groups is 2. The SMILES string of the molecule is CCCCCC/C=C\C/C=C\CCCCCCCCCC(=O)OCC(O)COP(=O)(O)OCCNC(=O)CCCCCCC/C=C\CCCCCCCC. The first kappa shape index (κ1) is 52.2. The van der Waals surface area contributed by atoms with E-state index < -0.39 is 26.5 Å². The van der Waals surface area contributed by atoms with Gasteiger partial charge in [-0.1, -0.05) is 153 Å². The molecule has 3 N–H and O–H groups in total. The Hall–Kier alpha value is -1.77. The maximum absolute atomic E-state index is 12.1. The van der Waals surface area contributed by atoms with Gasteiger partial charge in [0.15, 0.2) is 0 Å². The Kier molecular flexibility index (Phi) is 39.5. The van der Waals surface area contributed by atoms with E-state index in [-0.39, 0.29) is 32.1 Å². The maximum Gasteiger partial charge on any atom is 0.472 e. The van der Waals surface area contributed by atoms with Gasteiger partial charge in [0.25, 0.3) is 0 Å². The van der Waals surface area contributed by atoms with Crippen LogP contribution < -0.4 is 5.32 Å². The van der Waals surface area contributed by atoms with Gasteiger partial charge in [-0.25, -0.2) is 4.57 Å². The molecule has 2 unspecified atom stereocenters. The molecule has 316 valence electrons. The minimum absolute atomic E-state index is 0.0766. The van der Waals surface area contributed by atoms with Crippen molar-refractivity contribution in [1.29, 1.82) is 0 Å². The molecule has 0 heterocycles. The van der Waals surface area contributed by atoms with Crippen LogP contribution in [0.15, 0.2) is 36.5 Å². The molecule has 0 aromatic heterocycles. The zero-order valence-corrected chi connectivity index (χ0v) is 35.6. The summed E-state index contributed by atoms with van der Waals surface area (Å²) in [5.41, 5.74) is 0. The minimum Gasteiger partial charge on any atom is -0.463 e. The number of aliphatic hydroxyl groups is 1. The number of hydrogen-bond donors (Lipinski definition) is 3. The molecule has 0 bridgehead atoms. The highest BCUT2D eigenvalue weighted by Crippen LogP contribution is 2.42. The molecule has 1 amide bonds. The van der Waals surface area contributed by atoms with Crippen LogP contribution >= 0.6 is 7.82 Å². The molecule has 9 nitrogen and oxygen atoms in total. The van der Waals surface area contributed by atoms with Gasteiger partial charge in [0, 0.05) is 19.4 Å². The topological polar surface area (TPSA) is 131 Å². The van der Waals surface area contributed by atoms with E-state index >= 15 is 0 Å². The highest BCUT2D eigenvalue weighted by atomic mass is 31.2. The standard InChI is InChI=1S/C44H82NO8P/c1-3-5-7-9-11-13-15-17-19-20-21-23-25-27-29-31-33-35-37-44(48)51-40-42(46)41-53-54(49,50)52-39-38-45-43(47)36-34-32-30-28-26-24-22-18-16-14-12-10-8-6-4-2/h13,15,18-20,22,42,46H,3-12,14,16-17,21,23-41H2,1-2H3,(H,45,47)(H,49,50)/b15-13-,20-19-,22-18-. The van der Waals surface area contributed by atoms with Gasteiger partial charge in [0.2, 0.25) is 5.91 Å². The van der Waals surface area contributed by atoms with Crippen molar-refractivity contribution in [3.63, 3.8) is 0 Å². The van der Waals surface area contributed by atoms with E-state index in [0.717, 1.165) is 70.6 Å². The lowest BCUT2D eigenvalue weighted by Gasteiger charge is -2.15. The molecule has 0 aliphatic carbocycles. The fourth-order valence-corrected chi connectivity index (χ4v) is 6.69. The third-order valence-corrected chi connectivity index (χ3v) is 10.3. The number of amides is 1. The molecule has 0 fully saturated rings. The Bertz CT molecular complexity index is 986. The maximum atomic E-state index is 12.1. The van der Waals surface area contributed by atoms with E-state index in [1.807, 2.05) is 0 Å². The fourth-order valence-electron chi connectivity index (χ4n) is 5.93. The predicted octanol–water partition coefficient (Wildman–Crippen LogP) is 12.2. The summed E-state index contributed by atoms with van der Waals surface area (Å²) in [4.78, 5) is 33.9. The molecule has 10 heteroatoms. The summed E-state index contributed by atoms with van der Waals surface area (Å²) in [5, 5.41) is 12.7. The third-order valence-electron chi connectivity index (χ3n) is 9.29. The molecule has 0 aliphatic heterocycles. The Morgan fingerprint density at radius 2 is 1.00 bits per heavy atom. The van der Waals surface area contributed by atoms with Crippen LogP contribution in [0.1, 0.15) is 200 Å². The number of phosphoric ester groups is 1. The number of carbonyl (C=O) groups excluding carboxylic acids is 2. The number of rotatable bonds is 41. The Balaban J connectivity index is 3.62. The largest absolute Gasteiger partial charge is 0.472 e. The quantitative estimate of drug-likeness (QED) is 0.0242. The normalized spacial score (nSPS) is 13.6. The second kappa shape index (κ2) is 40.9. The van der Waals surface area contributed by atoms with E-state index in [4.69, 9.17) is 13.8 Å². The van der Waals surface area contributed by atoms with Crippen LogP contribution in [0, 0.1) is 0 Å². The van der Waals surface area contributed by atoms with Gasteiger partial charge in [-0.15, -0.1) is 0 Å². The molecule has 0 saturated carbocycles. The van der Waals surface area contributed by atoms with E-state index in [1.165, 1.54) is 103 Å². The van der Waals surface area contributed by atoms with E-state index in [9.17, 15) is 24.2 Å². The summed E-state index contributed by atoms with van der Waals surface area (Å²) < 4.78 is 26.9. The van der Waals surface area contributed by atoms with E-state index in [2.05, 4.69) is 55.6 Å². The van der Waals surface area contributed by atoms with Gasteiger partial charge in [-0.05, 0) is 70.6 Å². The smallest absolute Gasteiger partial charge is 0.463 e. The van der Waals surface area contributed by atoms with E-state index in [1.54, 1.807) is 0 Å². The molecular formula is C44H82NO8P. The average molecular weight is 784 g/mol. The number of nitrogens with one attached hydrogen (secondary N) is 1. The molecule has 54 heavy (non-hydrogen) atoms. The number of allylic oxidation sites excluding steroid dienone is 6. The minimum atomic E-state index is -4.42. The molecule has 2 atom stereocenters. The number of esters is 1. The Morgan fingerprint density at radius 3 is 1.52 bits per heavy atom. The second-order valence-electron chi connectivity index (χ2n) is 14.7. The van der Waals surface area contributed by atoms with Gasteiger partial charge in [0.05, 0.1) is 13.2 Å². The van der Waals surface area contributed by atoms with Crippen LogP contribution in [0.25, 0.3) is 0 Å². The van der Waals surface area contributed by atoms with E-state index in [0.29, 0.717) is 6.42 Å². The molecule has 0 aromatic carbocycles. The van der Waals surface area contributed by atoms with Gasteiger partial charge >= 0.3 is 13.8 Å². The molecule has 0 spiro atoms. The van der Waals surface area contributed by atoms with Gasteiger partial charge in [-0.3, -0.25) is 18.6 Å². The first-order chi connectivity index (χ1) is 26.3. The van der Waals surface area contributed by atoms with Crippen LogP contribution in [-0.2, 0) is 27.9 Å². The summed E-state index contributed by atoms with van der Waals surface area (Å²) in [6, 6.07) is 0. The summed E-state index contributed by atoms with van der Waals surface area (Å²) in [6.45, 7) is 3.52. The van der Waals surface area contributed by atoms with Crippen LogP contribution in [0.4, 0.5) is 0 Å². The monoisotopic (exact) mass is 784 g/mol. The van der Waals surface area contributed by atoms with Crippen molar-refractivity contribution < 1.29 is 37.9 Å². The van der Waals surface area contributed by atoms with Crippen molar-refractivity contribution in [2.45, 2.75) is 206 Å². The highest BCUT2D eigenvalue weighted by Gasteiger charge is 2.23. The molecule has 0 rings (SSSR count). The molecule has 0 saturated heterocycles. The van der Waals surface area contributed by atoms with Crippen molar-refractivity contribution >= 4 is 19.7 Å². The van der Waals surface area contributed by atoms with Crippen molar-refractivity contribution in [3.05, 3.63) is 36.5 Å². The lowest BCUT2D eigenvalue weighted by Crippen LogP contribution is -2.27. The molecule has 0 aromatic rings. The first-order valence-corrected chi connectivity index (χ1v) is 23.5. The lowest BCUT2D eigenvalue weighted by molar-refractivity contribution is -0.147.